The predicted molar refractivity (Wildman–Crippen MR) is 76.2 cm³/mol. The molecule has 0 fully saturated rings. The Morgan fingerprint density at radius 1 is 1.29 bits per heavy atom. The maximum atomic E-state index is 11.5. The Labute approximate surface area is 123 Å². The fraction of sp³-hybridized carbons (Fsp3) is 0.0909. The van der Waals surface area contributed by atoms with Crippen LogP contribution < -0.4 is 0 Å². The van der Waals surface area contributed by atoms with Crippen LogP contribution in [0.5, 0.6) is 0 Å². The van der Waals surface area contributed by atoms with Crippen LogP contribution in [-0.2, 0) is 4.74 Å². The first-order valence-electron chi connectivity index (χ1n) is 4.56. The van der Waals surface area contributed by atoms with Gasteiger partial charge in [0.05, 0.1) is 18.2 Å². The molecule has 1 heterocycles. The number of methoxy groups -OCH3 is 1. The average Bonchev–Trinajstić information content (AvgIpc) is 2.29. The van der Waals surface area contributed by atoms with Crippen LogP contribution in [0.1, 0.15) is 10.4 Å². The van der Waals surface area contributed by atoms with E-state index >= 15 is 0 Å². The second kappa shape index (κ2) is 5.04. The molecule has 0 atom stereocenters. The predicted octanol–water partition coefficient (Wildman–Crippen LogP) is 4.31. The number of halogens is 3. The summed E-state index contributed by atoms with van der Waals surface area (Å²) in [4.78, 5) is 15.8. The lowest BCUT2D eigenvalue weighted by molar-refractivity contribution is 0.0599. The van der Waals surface area contributed by atoms with Gasteiger partial charge < -0.3 is 4.74 Å². The van der Waals surface area contributed by atoms with Crippen LogP contribution in [0, 0.1) is 0 Å². The molecule has 1 aromatic heterocycles. The lowest BCUT2D eigenvalue weighted by Crippen LogP contribution is -2.03. The summed E-state index contributed by atoms with van der Waals surface area (Å²) in [5.41, 5.74) is 1.19. The number of carbonyl (C=O) groups is 1. The second-order valence-electron chi connectivity index (χ2n) is 3.26. The largest absolute Gasteiger partial charge is 0.465 e. The molecule has 0 N–H and O–H groups in total. The Kier molecular flexibility index (Phi) is 3.85. The van der Waals surface area contributed by atoms with Gasteiger partial charge in [-0.05, 0) is 44.0 Å². The van der Waals surface area contributed by atoms with Crippen LogP contribution in [0.2, 0.25) is 0 Å². The molecule has 0 aliphatic rings. The standard InChI is InChI=1S/C11H6Br3NO2/c1-17-11(16)7-4-15-10-6(9(7)14)2-5(12)3-8(10)13/h2-4H,1H3. The van der Waals surface area contributed by atoms with E-state index in [0.29, 0.717) is 10.0 Å². The van der Waals surface area contributed by atoms with E-state index in [2.05, 4.69) is 52.8 Å². The molecule has 17 heavy (non-hydrogen) atoms. The number of carbonyl (C=O) groups excluding carboxylic acids is 1. The van der Waals surface area contributed by atoms with E-state index in [4.69, 9.17) is 4.74 Å². The summed E-state index contributed by atoms with van der Waals surface area (Å²) in [6.45, 7) is 0. The van der Waals surface area contributed by atoms with Gasteiger partial charge in [0.2, 0.25) is 0 Å². The second-order valence-corrected chi connectivity index (χ2v) is 5.82. The van der Waals surface area contributed by atoms with Crippen molar-refractivity contribution >= 4 is 64.7 Å². The van der Waals surface area contributed by atoms with E-state index in [1.54, 1.807) is 0 Å². The molecule has 2 aromatic rings. The summed E-state index contributed by atoms with van der Waals surface area (Å²) in [7, 11) is 1.34. The number of nitrogens with zero attached hydrogens (tertiary/aromatic N) is 1. The third kappa shape index (κ3) is 2.39. The molecule has 0 unspecified atom stereocenters. The maximum Gasteiger partial charge on any atom is 0.340 e. The van der Waals surface area contributed by atoms with Crippen molar-refractivity contribution in [3.05, 3.63) is 37.3 Å². The first-order chi connectivity index (χ1) is 8.04. The van der Waals surface area contributed by atoms with E-state index in [1.807, 2.05) is 12.1 Å². The zero-order valence-corrected chi connectivity index (χ0v) is 13.4. The molecule has 2 rings (SSSR count). The van der Waals surface area contributed by atoms with Crippen molar-refractivity contribution in [2.45, 2.75) is 0 Å². The monoisotopic (exact) mass is 421 g/mol. The van der Waals surface area contributed by atoms with E-state index < -0.39 is 5.97 Å². The lowest BCUT2D eigenvalue weighted by atomic mass is 10.1. The number of hydrogen-bond donors (Lipinski definition) is 0. The van der Waals surface area contributed by atoms with Crippen LogP contribution >= 0.6 is 47.8 Å². The zero-order chi connectivity index (χ0) is 12.6. The zero-order valence-electron chi connectivity index (χ0n) is 8.63. The normalized spacial score (nSPS) is 10.6. The van der Waals surface area contributed by atoms with Gasteiger partial charge in [-0.2, -0.15) is 0 Å². The molecule has 0 spiro atoms. The lowest BCUT2D eigenvalue weighted by Gasteiger charge is -2.07. The van der Waals surface area contributed by atoms with Gasteiger partial charge in [-0.25, -0.2) is 4.79 Å². The molecule has 0 bridgehead atoms. The number of ether oxygens (including phenoxy) is 1. The number of fused-ring (bicyclic) bond motifs is 1. The molecule has 0 aliphatic heterocycles. The molecule has 0 radical (unpaired) electrons. The van der Waals surface area contributed by atoms with Gasteiger partial charge >= 0.3 is 5.97 Å². The number of benzene rings is 1. The van der Waals surface area contributed by atoms with Crippen molar-refractivity contribution in [3.8, 4) is 0 Å². The van der Waals surface area contributed by atoms with Gasteiger partial charge in [-0.1, -0.05) is 15.9 Å². The highest BCUT2D eigenvalue weighted by molar-refractivity contribution is 9.11. The van der Waals surface area contributed by atoms with E-state index in [0.717, 1.165) is 19.8 Å². The van der Waals surface area contributed by atoms with Crippen molar-refractivity contribution in [3.63, 3.8) is 0 Å². The molecule has 3 nitrogen and oxygen atoms in total. The van der Waals surface area contributed by atoms with Crippen LogP contribution in [0.15, 0.2) is 31.7 Å². The quantitative estimate of drug-likeness (QED) is 0.642. The number of aromatic nitrogens is 1. The number of pyridine rings is 1. The Bertz CT molecular complexity index is 613. The third-order valence-electron chi connectivity index (χ3n) is 2.23. The highest BCUT2D eigenvalue weighted by atomic mass is 79.9. The summed E-state index contributed by atoms with van der Waals surface area (Å²) in [6, 6.07) is 3.79. The molecule has 0 saturated heterocycles. The van der Waals surface area contributed by atoms with Crippen LogP contribution in [0.25, 0.3) is 10.9 Å². The summed E-state index contributed by atoms with van der Waals surface area (Å²) >= 11 is 10.2. The van der Waals surface area contributed by atoms with Gasteiger partial charge in [0.25, 0.3) is 0 Å². The number of esters is 1. The average molecular weight is 424 g/mol. The molecular formula is C11H6Br3NO2. The van der Waals surface area contributed by atoms with Crippen molar-refractivity contribution in [1.29, 1.82) is 0 Å². The first-order valence-corrected chi connectivity index (χ1v) is 6.94. The Balaban J connectivity index is 2.79. The number of hydrogen-bond acceptors (Lipinski definition) is 3. The summed E-state index contributed by atoms with van der Waals surface area (Å²) < 4.78 is 7.14. The summed E-state index contributed by atoms with van der Waals surface area (Å²) in [5, 5.41) is 0.842. The summed E-state index contributed by atoms with van der Waals surface area (Å²) in [6.07, 6.45) is 1.50. The molecule has 0 amide bonds. The van der Waals surface area contributed by atoms with Gasteiger partial charge in [0.1, 0.15) is 0 Å². The molecule has 0 aliphatic carbocycles. The van der Waals surface area contributed by atoms with Crippen LogP contribution in [-0.4, -0.2) is 18.1 Å². The van der Waals surface area contributed by atoms with Crippen molar-refractivity contribution in [1.82, 2.24) is 4.98 Å². The number of rotatable bonds is 1. The minimum atomic E-state index is -0.414. The molecule has 0 saturated carbocycles. The highest BCUT2D eigenvalue weighted by Crippen LogP contribution is 2.33. The van der Waals surface area contributed by atoms with Crippen molar-refractivity contribution in [2.24, 2.45) is 0 Å². The van der Waals surface area contributed by atoms with E-state index in [-0.39, 0.29) is 0 Å². The van der Waals surface area contributed by atoms with Gasteiger partial charge in [0, 0.05) is 25.0 Å². The van der Waals surface area contributed by atoms with Crippen molar-refractivity contribution < 1.29 is 9.53 Å². The van der Waals surface area contributed by atoms with E-state index in [9.17, 15) is 4.79 Å². The maximum absolute atomic E-state index is 11.5. The van der Waals surface area contributed by atoms with E-state index in [1.165, 1.54) is 13.3 Å². The minimum absolute atomic E-state index is 0.407. The Morgan fingerprint density at radius 3 is 2.65 bits per heavy atom. The highest BCUT2D eigenvalue weighted by Gasteiger charge is 2.15. The SMILES string of the molecule is COC(=O)c1cnc2c(Br)cc(Br)cc2c1Br. The van der Waals surface area contributed by atoms with Crippen LogP contribution in [0.3, 0.4) is 0 Å². The fourth-order valence-electron chi connectivity index (χ4n) is 1.45. The molecular weight excluding hydrogens is 418 g/mol. The molecule has 6 heteroatoms. The molecule has 1 aromatic carbocycles. The smallest absolute Gasteiger partial charge is 0.340 e. The topological polar surface area (TPSA) is 39.2 Å². The first kappa shape index (κ1) is 13.0. The Hall–Kier alpha value is -0.460. The fourth-order valence-corrected chi connectivity index (χ4v) is 3.34. The van der Waals surface area contributed by atoms with Gasteiger partial charge in [-0.15, -0.1) is 0 Å². The van der Waals surface area contributed by atoms with Crippen molar-refractivity contribution in [2.75, 3.05) is 7.11 Å². The third-order valence-corrected chi connectivity index (χ3v) is 4.15. The van der Waals surface area contributed by atoms with Crippen LogP contribution in [0.4, 0.5) is 0 Å². The minimum Gasteiger partial charge on any atom is -0.465 e. The van der Waals surface area contributed by atoms with Gasteiger partial charge in [-0.3, -0.25) is 4.98 Å². The Morgan fingerprint density at radius 2 is 2.00 bits per heavy atom. The summed E-state index contributed by atoms with van der Waals surface area (Å²) in [5.74, 6) is -0.414. The van der Waals surface area contributed by atoms with Gasteiger partial charge in [0.15, 0.2) is 0 Å². The molecule has 88 valence electrons.